The van der Waals surface area contributed by atoms with Crippen LogP contribution in [0.3, 0.4) is 0 Å². The van der Waals surface area contributed by atoms with Crippen molar-refractivity contribution >= 4 is 16.7 Å². The summed E-state index contributed by atoms with van der Waals surface area (Å²) in [5, 5.41) is 11.2. The van der Waals surface area contributed by atoms with Crippen LogP contribution in [0.4, 0.5) is 4.39 Å². The van der Waals surface area contributed by atoms with Crippen LogP contribution >= 0.6 is 0 Å². The topological polar surface area (TPSA) is 59.0 Å². The monoisotopic (exact) mass is 493 g/mol. The van der Waals surface area contributed by atoms with Crippen LogP contribution in [0.15, 0.2) is 48.5 Å². The Morgan fingerprint density at radius 2 is 1.78 bits per heavy atom. The molecular weight excluding hydrogens is 457 g/mol. The minimum Gasteiger partial charge on any atom is -0.496 e. The van der Waals surface area contributed by atoms with E-state index in [0.717, 1.165) is 46.0 Å². The lowest BCUT2D eigenvalue weighted by molar-refractivity contribution is -0.136. The SMILES string of the molecule is CCC1CC(C)(F)CCN1Cc1cc(OC)c(-c2cccc3c(CCC(=O)O)cccc23)c(OC)c1. The van der Waals surface area contributed by atoms with Gasteiger partial charge >= 0.3 is 5.97 Å². The molecule has 1 saturated heterocycles. The molecule has 4 rings (SSSR count). The van der Waals surface area contributed by atoms with Crippen LogP contribution in [0.5, 0.6) is 11.5 Å². The smallest absolute Gasteiger partial charge is 0.303 e. The zero-order valence-electron chi connectivity index (χ0n) is 21.6. The summed E-state index contributed by atoms with van der Waals surface area (Å²) in [5.74, 6) is 0.624. The second kappa shape index (κ2) is 10.9. The normalized spacial score (nSPS) is 20.4. The van der Waals surface area contributed by atoms with Crippen molar-refractivity contribution in [3.63, 3.8) is 0 Å². The first-order chi connectivity index (χ1) is 17.3. The molecule has 1 fully saturated rings. The zero-order chi connectivity index (χ0) is 25.9. The van der Waals surface area contributed by atoms with Crippen LogP contribution in [-0.4, -0.2) is 48.5 Å². The van der Waals surface area contributed by atoms with Gasteiger partial charge in [-0.2, -0.15) is 0 Å². The molecule has 0 aliphatic carbocycles. The molecule has 2 atom stereocenters. The Labute approximate surface area is 212 Å². The maximum atomic E-state index is 14.6. The Balaban J connectivity index is 1.74. The van der Waals surface area contributed by atoms with E-state index in [1.54, 1.807) is 21.1 Å². The molecular formula is C30H36FNO4. The Hall–Kier alpha value is -3.12. The third kappa shape index (κ3) is 5.49. The highest BCUT2D eigenvalue weighted by molar-refractivity contribution is 6.01. The Bertz CT molecular complexity index is 1210. The molecule has 0 saturated carbocycles. The van der Waals surface area contributed by atoms with Gasteiger partial charge in [0.2, 0.25) is 0 Å². The minimum atomic E-state index is -1.10. The van der Waals surface area contributed by atoms with E-state index < -0.39 is 11.6 Å². The molecule has 2 unspecified atom stereocenters. The summed E-state index contributed by atoms with van der Waals surface area (Å²) >= 11 is 0. The molecule has 36 heavy (non-hydrogen) atoms. The quantitative estimate of drug-likeness (QED) is 0.362. The lowest BCUT2D eigenvalue weighted by Crippen LogP contribution is -2.46. The van der Waals surface area contributed by atoms with Gasteiger partial charge in [0.1, 0.15) is 17.2 Å². The maximum absolute atomic E-state index is 14.6. The number of likely N-dealkylation sites (tertiary alicyclic amines) is 1. The van der Waals surface area contributed by atoms with E-state index >= 15 is 0 Å². The third-order valence-corrected chi connectivity index (χ3v) is 7.41. The van der Waals surface area contributed by atoms with E-state index in [0.29, 0.717) is 37.3 Å². The highest BCUT2D eigenvalue weighted by atomic mass is 19.1. The molecule has 0 bridgehead atoms. The molecule has 1 heterocycles. The number of hydrogen-bond donors (Lipinski definition) is 1. The number of aliphatic carboxylic acids is 1. The van der Waals surface area contributed by atoms with Crippen molar-refractivity contribution in [3.05, 3.63) is 59.7 Å². The number of piperidine rings is 1. The van der Waals surface area contributed by atoms with Gasteiger partial charge in [-0.3, -0.25) is 9.69 Å². The number of rotatable bonds is 9. The summed E-state index contributed by atoms with van der Waals surface area (Å²) in [4.78, 5) is 13.5. The number of carbonyl (C=O) groups is 1. The summed E-state index contributed by atoms with van der Waals surface area (Å²) < 4.78 is 26.4. The molecule has 1 aliphatic rings. The molecule has 0 radical (unpaired) electrons. The first kappa shape index (κ1) is 26.0. The van der Waals surface area contributed by atoms with Gasteiger partial charge in [0.25, 0.3) is 0 Å². The highest BCUT2D eigenvalue weighted by Crippen LogP contribution is 2.43. The van der Waals surface area contributed by atoms with Gasteiger partial charge in [-0.25, -0.2) is 4.39 Å². The van der Waals surface area contributed by atoms with Gasteiger partial charge in [-0.05, 0) is 72.2 Å². The average Bonchev–Trinajstić information content (AvgIpc) is 2.87. The Kier molecular flexibility index (Phi) is 7.84. The fourth-order valence-corrected chi connectivity index (χ4v) is 5.50. The van der Waals surface area contributed by atoms with Crippen LogP contribution in [0.2, 0.25) is 0 Å². The molecule has 0 aromatic heterocycles. The molecule has 1 N–H and O–H groups in total. The number of fused-ring (bicyclic) bond motifs is 1. The van der Waals surface area contributed by atoms with Crippen molar-refractivity contribution in [1.82, 2.24) is 4.90 Å². The van der Waals surface area contributed by atoms with Crippen LogP contribution in [0.1, 0.15) is 50.7 Å². The van der Waals surface area contributed by atoms with Crippen LogP contribution in [0.25, 0.3) is 21.9 Å². The van der Waals surface area contributed by atoms with Crippen molar-refractivity contribution in [2.24, 2.45) is 0 Å². The number of carboxylic acids is 1. The first-order valence-electron chi connectivity index (χ1n) is 12.7. The molecule has 0 spiro atoms. The number of alkyl halides is 1. The number of halogens is 1. The number of benzene rings is 3. The second-order valence-electron chi connectivity index (χ2n) is 9.99. The third-order valence-electron chi connectivity index (χ3n) is 7.41. The van der Waals surface area contributed by atoms with Crippen LogP contribution < -0.4 is 9.47 Å². The van der Waals surface area contributed by atoms with E-state index in [9.17, 15) is 9.18 Å². The fraction of sp³-hybridized carbons (Fsp3) is 0.433. The van der Waals surface area contributed by atoms with Gasteiger partial charge in [-0.1, -0.05) is 43.3 Å². The Morgan fingerprint density at radius 3 is 2.42 bits per heavy atom. The lowest BCUT2D eigenvalue weighted by Gasteiger charge is -2.41. The average molecular weight is 494 g/mol. The van der Waals surface area contributed by atoms with Crippen LogP contribution in [-0.2, 0) is 17.8 Å². The van der Waals surface area contributed by atoms with Gasteiger partial charge in [-0.15, -0.1) is 0 Å². The van der Waals surface area contributed by atoms with E-state index in [-0.39, 0.29) is 12.5 Å². The number of nitrogens with zero attached hydrogens (tertiary/aromatic N) is 1. The molecule has 0 amide bonds. The number of aryl methyl sites for hydroxylation is 1. The largest absolute Gasteiger partial charge is 0.496 e. The van der Waals surface area contributed by atoms with Crippen molar-refractivity contribution in [2.45, 2.75) is 64.2 Å². The van der Waals surface area contributed by atoms with Gasteiger partial charge < -0.3 is 14.6 Å². The van der Waals surface area contributed by atoms with Crippen molar-refractivity contribution < 1.29 is 23.8 Å². The van der Waals surface area contributed by atoms with Gasteiger partial charge in [0.15, 0.2) is 0 Å². The van der Waals surface area contributed by atoms with E-state index in [1.165, 1.54) is 0 Å². The number of ether oxygens (including phenoxy) is 2. The molecule has 6 heteroatoms. The predicted octanol–water partition coefficient (Wildman–Crippen LogP) is 6.64. The summed E-state index contributed by atoms with van der Waals surface area (Å²) in [7, 11) is 3.32. The maximum Gasteiger partial charge on any atom is 0.303 e. The standard InChI is InChI=1S/C30H36FNO4/c1-5-22-18-30(2,31)14-15-32(22)19-20-16-26(35-3)29(27(17-20)36-4)25-11-7-9-23-21(12-13-28(33)34)8-6-10-24(23)25/h6-11,16-17,22H,5,12-15,18-19H2,1-4H3,(H,33,34). The minimum absolute atomic E-state index is 0.0848. The number of carboxylic acid groups (broad SMARTS) is 1. The molecule has 3 aromatic rings. The molecule has 3 aromatic carbocycles. The highest BCUT2D eigenvalue weighted by Gasteiger charge is 2.35. The number of hydrogen-bond acceptors (Lipinski definition) is 4. The summed E-state index contributed by atoms with van der Waals surface area (Å²) in [6, 6.07) is 16.4. The summed E-state index contributed by atoms with van der Waals surface area (Å²) in [5.41, 5.74) is 2.81. The van der Waals surface area contributed by atoms with Gasteiger partial charge in [0, 0.05) is 25.6 Å². The fourth-order valence-electron chi connectivity index (χ4n) is 5.50. The van der Waals surface area contributed by atoms with Crippen molar-refractivity contribution in [3.8, 4) is 22.6 Å². The number of methoxy groups -OCH3 is 2. The summed E-state index contributed by atoms with van der Waals surface area (Å²) in [6.07, 6.45) is 2.55. The van der Waals surface area contributed by atoms with E-state index in [2.05, 4.69) is 30.0 Å². The zero-order valence-corrected chi connectivity index (χ0v) is 21.6. The van der Waals surface area contributed by atoms with E-state index in [4.69, 9.17) is 14.6 Å². The predicted molar refractivity (Wildman–Crippen MR) is 142 cm³/mol. The molecule has 5 nitrogen and oxygen atoms in total. The lowest BCUT2D eigenvalue weighted by atomic mass is 9.88. The van der Waals surface area contributed by atoms with E-state index in [1.807, 2.05) is 30.3 Å². The van der Waals surface area contributed by atoms with Crippen molar-refractivity contribution in [1.29, 1.82) is 0 Å². The first-order valence-corrected chi connectivity index (χ1v) is 12.7. The summed E-state index contributed by atoms with van der Waals surface area (Å²) in [6.45, 7) is 5.26. The van der Waals surface area contributed by atoms with Crippen LogP contribution in [0, 0.1) is 0 Å². The second-order valence-corrected chi connectivity index (χ2v) is 9.99. The molecule has 1 aliphatic heterocycles. The molecule has 192 valence electrons. The van der Waals surface area contributed by atoms with Crippen molar-refractivity contribution in [2.75, 3.05) is 20.8 Å². The Morgan fingerprint density at radius 1 is 1.11 bits per heavy atom. The van der Waals surface area contributed by atoms with Gasteiger partial charge in [0.05, 0.1) is 19.8 Å².